The molecular weight excluding hydrogens is 265 g/mol. The molecule has 0 saturated carbocycles. The Bertz CT molecular complexity index is 570. The van der Waals surface area contributed by atoms with Gasteiger partial charge in [0.15, 0.2) is 6.29 Å². The van der Waals surface area contributed by atoms with Crippen LogP contribution in [0.2, 0.25) is 0 Å². The summed E-state index contributed by atoms with van der Waals surface area (Å²) in [6.45, 7) is 0. The molecule has 1 aromatic rings. The summed E-state index contributed by atoms with van der Waals surface area (Å²) in [5, 5.41) is 10.3. The minimum Gasteiger partial charge on any atom is -0.298 e. The molecule has 0 fully saturated rings. The summed E-state index contributed by atoms with van der Waals surface area (Å²) in [6.07, 6.45) is 0.0437. The van der Waals surface area contributed by atoms with Gasteiger partial charge >= 0.3 is 5.69 Å². The van der Waals surface area contributed by atoms with E-state index in [9.17, 15) is 27.7 Å². The summed E-state index contributed by atoms with van der Waals surface area (Å²) in [7, 11) is 0.591. The van der Waals surface area contributed by atoms with Crippen LogP contribution in [-0.2, 0) is 9.05 Å². The number of nitro groups is 1. The molecule has 0 heterocycles. The van der Waals surface area contributed by atoms with Crippen LogP contribution in [0.15, 0.2) is 17.0 Å². The van der Waals surface area contributed by atoms with Crippen LogP contribution in [0, 0.1) is 15.9 Å². The number of carbonyl (C=O) groups excluding carboxylic acids is 1. The lowest BCUT2D eigenvalue weighted by atomic mass is 10.2. The van der Waals surface area contributed by atoms with Crippen LogP contribution in [-0.4, -0.2) is 19.6 Å². The number of aldehydes is 1. The number of carbonyl (C=O) groups is 1. The van der Waals surface area contributed by atoms with Gasteiger partial charge in [0.2, 0.25) is 5.82 Å². The molecular formula is C7H3ClFNO5S. The van der Waals surface area contributed by atoms with E-state index in [1.165, 1.54) is 0 Å². The highest BCUT2D eigenvalue weighted by Crippen LogP contribution is 2.26. The summed E-state index contributed by atoms with van der Waals surface area (Å²) in [5.41, 5.74) is -1.64. The predicted molar refractivity (Wildman–Crippen MR) is 51.5 cm³/mol. The van der Waals surface area contributed by atoms with Crippen molar-refractivity contribution in [3.63, 3.8) is 0 Å². The first-order valence-corrected chi connectivity index (χ1v) is 5.96. The lowest BCUT2D eigenvalue weighted by Gasteiger charge is -2.01. The summed E-state index contributed by atoms with van der Waals surface area (Å²) in [4.78, 5) is 18.9. The predicted octanol–water partition coefficient (Wildman–Crippen LogP) is 1.47. The van der Waals surface area contributed by atoms with Crippen LogP contribution in [0.3, 0.4) is 0 Å². The van der Waals surface area contributed by atoms with Crippen molar-refractivity contribution in [1.29, 1.82) is 0 Å². The zero-order valence-electron chi connectivity index (χ0n) is 7.38. The smallest absolute Gasteiger partial charge is 0.298 e. The Kier molecular flexibility index (Phi) is 3.24. The molecule has 0 spiro atoms. The minimum atomic E-state index is -4.35. The SMILES string of the molecule is O=Cc1cc(F)c([N+](=O)[O-])cc1S(=O)(=O)Cl. The quantitative estimate of drug-likeness (QED) is 0.358. The minimum absolute atomic E-state index is 0.0437. The molecule has 0 aliphatic heterocycles. The van der Waals surface area contributed by atoms with E-state index in [2.05, 4.69) is 0 Å². The van der Waals surface area contributed by atoms with E-state index < -0.39 is 35.9 Å². The molecule has 0 aliphatic carbocycles. The number of hydrogen-bond donors (Lipinski definition) is 0. The number of benzene rings is 1. The van der Waals surface area contributed by atoms with Gasteiger partial charge < -0.3 is 0 Å². The fourth-order valence-electron chi connectivity index (χ4n) is 1.00. The maximum Gasteiger partial charge on any atom is 0.306 e. The van der Waals surface area contributed by atoms with Gasteiger partial charge in [-0.15, -0.1) is 0 Å². The molecule has 1 rings (SSSR count). The van der Waals surface area contributed by atoms with Crippen molar-refractivity contribution in [2.24, 2.45) is 0 Å². The number of rotatable bonds is 3. The fourth-order valence-corrected chi connectivity index (χ4v) is 2.04. The second kappa shape index (κ2) is 4.14. The Morgan fingerprint density at radius 2 is 2.00 bits per heavy atom. The summed E-state index contributed by atoms with van der Waals surface area (Å²) >= 11 is 0. The molecule has 0 atom stereocenters. The third-order valence-electron chi connectivity index (χ3n) is 1.67. The number of halogens is 2. The Morgan fingerprint density at radius 1 is 1.44 bits per heavy atom. The van der Waals surface area contributed by atoms with Crippen molar-refractivity contribution in [3.8, 4) is 0 Å². The van der Waals surface area contributed by atoms with Crippen molar-refractivity contribution in [2.75, 3.05) is 0 Å². The lowest BCUT2D eigenvalue weighted by molar-refractivity contribution is -0.387. The largest absolute Gasteiger partial charge is 0.306 e. The molecule has 0 radical (unpaired) electrons. The van der Waals surface area contributed by atoms with Gasteiger partial charge in [0, 0.05) is 22.3 Å². The normalized spacial score (nSPS) is 11.1. The highest BCUT2D eigenvalue weighted by atomic mass is 35.7. The van der Waals surface area contributed by atoms with Crippen LogP contribution in [0.4, 0.5) is 10.1 Å². The van der Waals surface area contributed by atoms with Crippen LogP contribution in [0.5, 0.6) is 0 Å². The first kappa shape index (κ1) is 12.5. The van der Waals surface area contributed by atoms with Crippen LogP contribution in [0.25, 0.3) is 0 Å². The standard InChI is InChI=1S/C7H3ClFNO5S/c8-16(14,15)7-2-6(10(12)13)5(9)1-4(7)3-11/h1-3H. The molecule has 0 amide bonds. The van der Waals surface area contributed by atoms with Gasteiger partial charge in [-0.25, -0.2) is 8.42 Å². The average Bonchev–Trinajstić information content (AvgIpc) is 2.14. The number of nitrogens with zero attached hydrogens (tertiary/aromatic N) is 1. The monoisotopic (exact) mass is 267 g/mol. The molecule has 0 saturated heterocycles. The third-order valence-corrected chi connectivity index (χ3v) is 3.04. The van der Waals surface area contributed by atoms with Crippen molar-refractivity contribution >= 4 is 31.7 Å². The summed E-state index contributed by atoms with van der Waals surface area (Å²) in [5.74, 6) is -1.31. The first-order valence-electron chi connectivity index (χ1n) is 3.65. The Balaban J connectivity index is 3.66. The molecule has 86 valence electrons. The molecule has 0 aromatic heterocycles. The fraction of sp³-hybridized carbons (Fsp3) is 0. The highest BCUT2D eigenvalue weighted by molar-refractivity contribution is 8.13. The maximum absolute atomic E-state index is 13.0. The van der Waals surface area contributed by atoms with Crippen LogP contribution >= 0.6 is 10.7 Å². The summed E-state index contributed by atoms with van der Waals surface area (Å²) in [6, 6.07) is 0.849. The molecule has 6 nitrogen and oxygen atoms in total. The Hall–Kier alpha value is -1.54. The average molecular weight is 268 g/mol. The number of hydrogen-bond acceptors (Lipinski definition) is 5. The Labute approximate surface area is 93.2 Å². The second-order valence-corrected chi connectivity index (χ2v) is 5.19. The van der Waals surface area contributed by atoms with Gasteiger partial charge in [-0.1, -0.05) is 0 Å². The van der Waals surface area contributed by atoms with Crippen molar-refractivity contribution < 1.29 is 22.5 Å². The molecule has 0 unspecified atom stereocenters. The van der Waals surface area contributed by atoms with Gasteiger partial charge in [0.25, 0.3) is 9.05 Å². The zero-order chi connectivity index (χ0) is 12.5. The second-order valence-electron chi connectivity index (χ2n) is 2.65. The molecule has 1 aromatic carbocycles. The van der Waals surface area contributed by atoms with Crippen LogP contribution < -0.4 is 0 Å². The van der Waals surface area contributed by atoms with Crippen molar-refractivity contribution in [3.05, 3.63) is 33.6 Å². The van der Waals surface area contributed by atoms with Crippen LogP contribution in [0.1, 0.15) is 10.4 Å². The molecule has 16 heavy (non-hydrogen) atoms. The Morgan fingerprint density at radius 3 is 2.38 bits per heavy atom. The van der Waals surface area contributed by atoms with Gasteiger partial charge in [0.1, 0.15) is 0 Å². The van der Waals surface area contributed by atoms with E-state index in [4.69, 9.17) is 10.7 Å². The first-order chi connectivity index (χ1) is 7.27. The van der Waals surface area contributed by atoms with Gasteiger partial charge in [0.05, 0.1) is 9.82 Å². The molecule has 0 aliphatic rings. The summed E-state index contributed by atoms with van der Waals surface area (Å²) < 4.78 is 34.9. The van der Waals surface area contributed by atoms with E-state index in [1.54, 1.807) is 0 Å². The highest BCUT2D eigenvalue weighted by Gasteiger charge is 2.24. The van der Waals surface area contributed by atoms with Gasteiger partial charge in [-0.3, -0.25) is 14.9 Å². The van der Waals surface area contributed by atoms with E-state index in [0.29, 0.717) is 12.1 Å². The van der Waals surface area contributed by atoms with Gasteiger partial charge in [-0.2, -0.15) is 4.39 Å². The zero-order valence-corrected chi connectivity index (χ0v) is 8.96. The molecule has 0 N–H and O–H groups in total. The van der Waals surface area contributed by atoms with E-state index in [0.717, 1.165) is 0 Å². The third kappa shape index (κ3) is 2.34. The molecule has 9 heteroatoms. The maximum atomic E-state index is 13.0. The van der Waals surface area contributed by atoms with E-state index >= 15 is 0 Å². The molecule has 0 bridgehead atoms. The van der Waals surface area contributed by atoms with E-state index in [1.807, 2.05) is 0 Å². The number of nitro benzene ring substituents is 1. The van der Waals surface area contributed by atoms with Crippen molar-refractivity contribution in [1.82, 2.24) is 0 Å². The topological polar surface area (TPSA) is 94.3 Å². The van der Waals surface area contributed by atoms with E-state index in [-0.39, 0.29) is 6.29 Å². The lowest BCUT2D eigenvalue weighted by Crippen LogP contribution is -2.02. The van der Waals surface area contributed by atoms with Crippen molar-refractivity contribution in [2.45, 2.75) is 4.90 Å². The van der Waals surface area contributed by atoms with Gasteiger partial charge in [-0.05, 0) is 6.07 Å².